The number of allylic oxidation sites excluding steroid dienone is 4. The summed E-state index contributed by atoms with van der Waals surface area (Å²) in [6.45, 7) is 20.8. The van der Waals surface area contributed by atoms with Crippen LogP contribution >= 0.6 is 0 Å². The molecule has 0 spiro atoms. The molecule has 1 saturated heterocycles. The first kappa shape index (κ1) is 36.6. The van der Waals surface area contributed by atoms with Crippen LogP contribution in [0.4, 0.5) is 0 Å². The Bertz CT molecular complexity index is 1590. The molecule has 0 aromatic heterocycles. The zero-order chi connectivity index (χ0) is 35.9. The summed E-state index contributed by atoms with van der Waals surface area (Å²) in [6.07, 6.45) is 16.4. The van der Waals surface area contributed by atoms with Crippen molar-refractivity contribution in [2.75, 3.05) is 37.7 Å². The fourth-order valence-electron chi connectivity index (χ4n) is 13.7. The summed E-state index contributed by atoms with van der Waals surface area (Å²) in [5.74, 6) is 2.73. The lowest BCUT2D eigenvalue weighted by atomic mass is 9.33. The topological polar surface area (TPSA) is 92.8 Å². The molecule has 1 unspecified atom stereocenters. The highest BCUT2D eigenvalue weighted by Gasteiger charge is 2.69. The Morgan fingerprint density at radius 3 is 2.36 bits per heavy atom. The van der Waals surface area contributed by atoms with E-state index in [0.29, 0.717) is 49.5 Å². The van der Waals surface area contributed by atoms with Crippen molar-refractivity contribution in [3.05, 3.63) is 34.4 Å². The Morgan fingerprint density at radius 2 is 1.70 bits per heavy atom. The third kappa shape index (κ3) is 5.58. The van der Waals surface area contributed by atoms with Crippen molar-refractivity contribution in [3.63, 3.8) is 0 Å². The maximum atomic E-state index is 14.0. The number of nitrogens with one attached hydrogen (secondary N) is 1. The average Bonchev–Trinajstić information content (AvgIpc) is 3.35. The lowest BCUT2D eigenvalue weighted by Gasteiger charge is -2.71. The first-order valence-electron chi connectivity index (χ1n) is 20.0. The molecule has 278 valence electrons. The Labute approximate surface area is 302 Å². The molecule has 0 bridgehead atoms. The van der Waals surface area contributed by atoms with E-state index >= 15 is 0 Å². The van der Waals surface area contributed by atoms with Crippen LogP contribution in [-0.2, 0) is 24.2 Å². The SMILES string of the molecule is CC(C)C1=C2[C@H]3CC[C@@H]4[C@@]5(C)CC=C(C6=CCC(OC=O)CC6)C(C)(C)[C@@H]5CC[C@@]4(C)[C@]3(C)CC[C@@]2(NCCN2CCS(=O)(=O)CC2)CC1=O. The summed E-state index contributed by atoms with van der Waals surface area (Å²) in [5, 5.41) is 4.02. The smallest absolute Gasteiger partial charge is 0.293 e. The van der Waals surface area contributed by atoms with E-state index in [0.717, 1.165) is 63.6 Å². The maximum absolute atomic E-state index is 14.0. The summed E-state index contributed by atoms with van der Waals surface area (Å²) >= 11 is 0. The lowest BCUT2D eigenvalue weighted by molar-refractivity contribution is -0.196. The number of rotatable bonds is 8. The van der Waals surface area contributed by atoms with Crippen LogP contribution in [0.15, 0.2) is 34.4 Å². The van der Waals surface area contributed by atoms with Crippen LogP contribution in [0, 0.1) is 45.3 Å². The molecule has 3 saturated carbocycles. The van der Waals surface area contributed by atoms with Crippen LogP contribution in [0.1, 0.15) is 119 Å². The number of Topliss-reactive ketones (excluding diaryl/α,β-unsaturated/α-hetero) is 1. The second-order valence-electron chi connectivity index (χ2n) is 19.1. The standard InChI is InChI=1S/C42H64N2O5S/c1-28(2)36-33(46)26-42(43-20-21-44-22-24-50(47,48)25-23-44)19-18-40(6)32(37(36)42)12-13-35-39(5)16-14-31(29-8-10-30(11-9-29)49-27-45)38(3,4)34(39)15-17-41(35,40)7/h8,14,27-28,30,32,34-35,43H,9-13,15-26H2,1-7H3/t30?,32-,34+,35-,39+,40-,41-,42-/m1/s1. The molecule has 7 rings (SSSR count). The summed E-state index contributed by atoms with van der Waals surface area (Å²) in [5.41, 5.74) is 5.98. The summed E-state index contributed by atoms with van der Waals surface area (Å²) < 4.78 is 29.4. The number of hydrogen-bond acceptors (Lipinski definition) is 7. The van der Waals surface area contributed by atoms with E-state index in [1.807, 2.05) is 0 Å². The molecule has 8 heteroatoms. The van der Waals surface area contributed by atoms with Gasteiger partial charge in [-0.1, -0.05) is 60.6 Å². The molecule has 1 heterocycles. The van der Waals surface area contributed by atoms with Crippen molar-refractivity contribution in [1.29, 1.82) is 0 Å². The molecule has 8 atom stereocenters. The van der Waals surface area contributed by atoms with E-state index in [1.54, 1.807) is 5.57 Å². The van der Waals surface area contributed by atoms with E-state index in [4.69, 9.17) is 4.74 Å². The van der Waals surface area contributed by atoms with Crippen molar-refractivity contribution in [2.45, 2.75) is 131 Å². The van der Waals surface area contributed by atoms with Gasteiger partial charge in [-0.25, -0.2) is 8.42 Å². The van der Waals surface area contributed by atoms with Crippen LogP contribution in [-0.4, -0.2) is 74.9 Å². The second kappa shape index (κ2) is 12.7. The van der Waals surface area contributed by atoms with Gasteiger partial charge in [0.15, 0.2) is 15.6 Å². The Balaban J connectivity index is 1.16. The van der Waals surface area contributed by atoms with E-state index in [2.05, 4.69) is 70.8 Å². The van der Waals surface area contributed by atoms with Crippen LogP contribution in [0.2, 0.25) is 0 Å². The van der Waals surface area contributed by atoms with Crippen molar-refractivity contribution >= 4 is 22.1 Å². The molecule has 0 aromatic rings. The molecule has 7 nitrogen and oxygen atoms in total. The molecular formula is C42H64N2O5S. The Kier molecular flexibility index (Phi) is 9.28. The van der Waals surface area contributed by atoms with Gasteiger partial charge in [0.25, 0.3) is 6.47 Å². The van der Waals surface area contributed by atoms with E-state index in [1.165, 1.54) is 30.4 Å². The number of carbonyl (C=O) groups excluding carboxylic acids is 2. The highest BCUT2D eigenvalue weighted by Crippen LogP contribution is 2.76. The molecule has 0 amide bonds. The van der Waals surface area contributed by atoms with Gasteiger partial charge in [-0.05, 0) is 125 Å². The first-order chi connectivity index (χ1) is 23.5. The largest absolute Gasteiger partial charge is 0.464 e. The maximum Gasteiger partial charge on any atom is 0.293 e. The van der Waals surface area contributed by atoms with E-state index in [-0.39, 0.29) is 50.7 Å². The van der Waals surface area contributed by atoms with Crippen molar-refractivity contribution in [3.8, 4) is 0 Å². The highest BCUT2D eigenvalue weighted by atomic mass is 32.2. The number of ketones is 1. The van der Waals surface area contributed by atoms with Gasteiger partial charge in [0.05, 0.1) is 11.5 Å². The summed E-state index contributed by atoms with van der Waals surface area (Å²) in [6, 6.07) is 0. The minimum atomic E-state index is -2.90. The first-order valence-corrected chi connectivity index (χ1v) is 21.8. The Hall–Kier alpha value is -1.77. The minimum Gasteiger partial charge on any atom is -0.464 e. The highest BCUT2D eigenvalue weighted by molar-refractivity contribution is 7.91. The normalized spacial score (nSPS) is 42.5. The number of hydrogen-bond donors (Lipinski definition) is 1. The molecule has 1 N–H and O–H groups in total. The molecule has 7 aliphatic rings. The number of sulfone groups is 1. The quantitative estimate of drug-likeness (QED) is 0.266. The third-order valence-corrected chi connectivity index (χ3v) is 17.9. The zero-order valence-corrected chi connectivity index (χ0v) is 32.9. The third-order valence-electron chi connectivity index (χ3n) is 16.3. The van der Waals surface area contributed by atoms with Crippen molar-refractivity contribution in [1.82, 2.24) is 10.2 Å². The molecule has 50 heavy (non-hydrogen) atoms. The van der Waals surface area contributed by atoms with Crippen molar-refractivity contribution in [2.24, 2.45) is 45.3 Å². The monoisotopic (exact) mass is 708 g/mol. The predicted molar refractivity (Wildman–Crippen MR) is 199 cm³/mol. The molecule has 4 fully saturated rings. The van der Waals surface area contributed by atoms with Gasteiger partial charge in [0.2, 0.25) is 0 Å². The van der Waals surface area contributed by atoms with Crippen LogP contribution in [0.25, 0.3) is 0 Å². The Morgan fingerprint density at radius 1 is 0.960 bits per heavy atom. The number of fused-ring (bicyclic) bond motifs is 7. The van der Waals surface area contributed by atoms with Crippen LogP contribution < -0.4 is 5.32 Å². The van der Waals surface area contributed by atoms with Gasteiger partial charge >= 0.3 is 0 Å². The predicted octanol–water partition coefficient (Wildman–Crippen LogP) is 7.23. The van der Waals surface area contributed by atoms with Gasteiger partial charge in [-0.15, -0.1) is 0 Å². The molecule has 0 radical (unpaired) electrons. The van der Waals surface area contributed by atoms with Gasteiger partial charge in [0.1, 0.15) is 6.10 Å². The van der Waals surface area contributed by atoms with Gasteiger partial charge in [-0.3, -0.25) is 9.59 Å². The van der Waals surface area contributed by atoms with E-state index in [9.17, 15) is 18.0 Å². The van der Waals surface area contributed by atoms with Crippen molar-refractivity contribution < 1.29 is 22.7 Å². The van der Waals surface area contributed by atoms with Gasteiger partial charge < -0.3 is 15.0 Å². The molecule has 1 aliphatic heterocycles. The number of carbonyl (C=O) groups is 2. The van der Waals surface area contributed by atoms with Gasteiger partial charge in [0, 0.05) is 44.6 Å². The zero-order valence-electron chi connectivity index (χ0n) is 32.0. The van der Waals surface area contributed by atoms with E-state index < -0.39 is 9.84 Å². The van der Waals surface area contributed by atoms with Crippen LogP contribution in [0.3, 0.4) is 0 Å². The second-order valence-corrected chi connectivity index (χ2v) is 21.4. The fourth-order valence-corrected chi connectivity index (χ4v) is 14.9. The van der Waals surface area contributed by atoms with Crippen LogP contribution in [0.5, 0.6) is 0 Å². The summed E-state index contributed by atoms with van der Waals surface area (Å²) in [4.78, 5) is 27.2. The number of nitrogens with zero attached hydrogens (tertiary/aromatic N) is 1. The lowest BCUT2D eigenvalue weighted by Crippen LogP contribution is -2.66. The molecule has 0 aromatic carbocycles. The average molecular weight is 709 g/mol. The molecule has 6 aliphatic carbocycles. The molecular weight excluding hydrogens is 645 g/mol. The minimum absolute atomic E-state index is 0.0156. The summed E-state index contributed by atoms with van der Waals surface area (Å²) in [7, 11) is -2.90. The number of ether oxygens (including phenoxy) is 1. The fraction of sp³-hybridized carbons (Fsp3) is 0.810. The van der Waals surface area contributed by atoms with Gasteiger partial charge in [-0.2, -0.15) is 0 Å².